The van der Waals surface area contributed by atoms with Gasteiger partial charge in [0.05, 0.1) is 5.69 Å². The number of amides is 1. The number of rotatable bonds is 4. The van der Waals surface area contributed by atoms with Crippen molar-refractivity contribution in [3.05, 3.63) is 30.1 Å². The third-order valence-corrected chi connectivity index (χ3v) is 1.69. The standard InChI is InChI=1S/C10H13FN2O/c1-8(14)12-6-7-13-10-5-3-2-4-9(10)11/h2-5,13H,6-7H2,1H3,(H,12,14). The Morgan fingerprint density at radius 3 is 2.71 bits per heavy atom. The normalized spacial score (nSPS) is 9.57. The van der Waals surface area contributed by atoms with Crippen LogP contribution in [-0.4, -0.2) is 19.0 Å². The maximum Gasteiger partial charge on any atom is 0.216 e. The Balaban J connectivity index is 2.31. The number of carbonyl (C=O) groups is 1. The highest BCUT2D eigenvalue weighted by molar-refractivity contribution is 5.72. The maximum absolute atomic E-state index is 13.0. The second-order valence-electron chi connectivity index (χ2n) is 2.89. The van der Waals surface area contributed by atoms with E-state index in [1.165, 1.54) is 13.0 Å². The zero-order valence-corrected chi connectivity index (χ0v) is 8.01. The molecule has 0 radical (unpaired) electrons. The average Bonchev–Trinajstić information content (AvgIpc) is 2.15. The van der Waals surface area contributed by atoms with E-state index in [1.54, 1.807) is 18.2 Å². The Labute approximate surface area is 82.3 Å². The molecule has 0 spiro atoms. The Kier molecular flexibility index (Phi) is 3.91. The lowest BCUT2D eigenvalue weighted by atomic mass is 10.3. The summed E-state index contributed by atoms with van der Waals surface area (Å²) in [6.45, 7) is 2.45. The van der Waals surface area contributed by atoms with Gasteiger partial charge in [0.2, 0.25) is 5.91 Å². The molecule has 4 heteroatoms. The largest absolute Gasteiger partial charge is 0.381 e. The van der Waals surface area contributed by atoms with Crippen molar-refractivity contribution >= 4 is 11.6 Å². The van der Waals surface area contributed by atoms with Crippen LogP contribution in [-0.2, 0) is 4.79 Å². The number of benzene rings is 1. The van der Waals surface area contributed by atoms with Crippen LogP contribution in [0.25, 0.3) is 0 Å². The van der Waals surface area contributed by atoms with Gasteiger partial charge in [-0.05, 0) is 12.1 Å². The summed E-state index contributed by atoms with van der Waals surface area (Å²) in [6.07, 6.45) is 0. The summed E-state index contributed by atoms with van der Waals surface area (Å²) >= 11 is 0. The molecule has 3 nitrogen and oxygen atoms in total. The van der Waals surface area contributed by atoms with Gasteiger partial charge in [-0.25, -0.2) is 4.39 Å². The number of carbonyl (C=O) groups excluding carboxylic acids is 1. The summed E-state index contributed by atoms with van der Waals surface area (Å²) in [4.78, 5) is 10.5. The van der Waals surface area contributed by atoms with Gasteiger partial charge in [0.25, 0.3) is 0 Å². The number of para-hydroxylation sites is 1. The molecule has 0 saturated carbocycles. The molecule has 1 rings (SSSR count). The minimum absolute atomic E-state index is 0.0830. The molecule has 0 atom stereocenters. The third-order valence-electron chi connectivity index (χ3n) is 1.69. The van der Waals surface area contributed by atoms with Crippen molar-refractivity contribution in [3.63, 3.8) is 0 Å². The van der Waals surface area contributed by atoms with Gasteiger partial charge in [-0.2, -0.15) is 0 Å². The summed E-state index contributed by atoms with van der Waals surface area (Å²) in [6, 6.07) is 6.43. The molecule has 0 unspecified atom stereocenters. The van der Waals surface area contributed by atoms with Crippen LogP contribution in [0.3, 0.4) is 0 Å². The first-order valence-corrected chi connectivity index (χ1v) is 4.43. The summed E-state index contributed by atoms with van der Waals surface area (Å²) in [5, 5.41) is 5.49. The molecule has 0 aliphatic carbocycles. The predicted molar refractivity (Wildman–Crippen MR) is 53.6 cm³/mol. The Morgan fingerprint density at radius 1 is 1.36 bits per heavy atom. The van der Waals surface area contributed by atoms with E-state index < -0.39 is 0 Å². The van der Waals surface area contributed by atoms with Gasteiger partial charge in [-0.3, -0.25) is 4.79 Å². The van der Waals surface area contributed by atoms with Crippen LogP contribution in [0.15, 0.2) is 24.3 Å². The van der Waals surface area contributed by atoms with Crippen LogP contribution in [0.1, 0.15) is 6.92 Å². The van der Waals surface area contributed by atoms with Gasteiger partial charge < -0.3 is 10.6 Å². The van der Waals surface area contributed by atoms with Crippen molar-refractivity contribution in [2.24, 2.45) is 0 Å². The molecule has 0 aliphatic rings. The fourth-order valence-corrected chi connectivity index (χ4v) is 1.04. The van der Waals surface area contributed by atoms with E-state index in [4.69, 9.17) is 0 Å². The van der Waals surface area contributed by atoms with Gasteiger partial charge in [0.15, 0.2) is 0 Å². The van der Waals surface area contributed by atoms with Gasteiger partial charge in [-0.1, -0.05) is 12.1 Å². The fraction of sp³-hybridized carbons (Fsp3) is 0.300. The van der Waals surface area contributed by atoms with Crippen molar-refractivity contribution in [3.8, 4) is 0 Å². The van der Waals surface area contributed by atoms with Crippen LogP contribution >= 0.6 is 0 Å². The van der Waals surface area contributed by atoms with E-state index in [1.807, 2.05) is 0 Å². The average molecular weight is 196 g/mol. The fourth-order valence-electron chi connectivity index (χ4n) is 1.04. The minimum atomic E-state index is -0.282. The number of hydrogen-bond donors (Lipinski definition) is 2. The lowest BCUT2D eigenvalue weighted by Gasteiger charge is -2.07. The molecule has 0 fully saturated rings. The third kappa shape index (κ3) is 3.43. The zero-order valence-electron chi connectivity index (χ0n) is 8.01. The number of hydrogen-bond acceptors (Lipinski definition) is 2. The molecule has 0 saturated heterocycles. The summed E-state index contributed by atoms with van der Waals surface area (Å²) in [7, 11) is 0. The SMILES string of the molecule is CC(=O)NCCNc1ccccc1F. The van der Waals surface area contributed by atoms with Gasteiger partial charge in [-0.15, -0.1) is 0 Å². The topological polar surface area (TPSA) is 41.1 Å². The summed E-state index contributed by atoms with van der Waals surface area (Å²) < 4.78 is 13.0. The maximum atomic E-state index is 13.0. The molecule has 14 heavy (non-hydrogen) atoms. The number of nitrogens with one attached hydrogen (secondary N) is 2. The molecule has 2 N–H and O–H groups in total. The van der Waals surface area contributed by atoms with Crippen molar-refractivity contribution in [1.29, 1.82) is 0 Å². The van der Waals surface area contributed by atoms with Crippen molar-refractivity contribution in [2.75, 3.05) is 18.4 Å². The first-order valence-electron chi connectivity index (χ1n) is 4.43. The first-order chi connectivity index (χ1) is 6.70. The van der Waals surface area contributed by atoms with Gasteiger partial charge >= 0.3 is 0 Å². The minimum Gasteiger partial charge on any atom is -0.381 e. The molecule has 1 aromatic rings. The summed E-state index contributed by atoms with van der Waals surface area (Å²) in [5.74, 6) is -0.365. The zero-order chi connectivity index (χ0) is 10.4. The van der Waals surface area contributed by atoms with E-state index in [9.17, 15) is 9.18 Å². The van der Waals surface area contributed by atoms with E-state index in [0.717, 1.165) is 0 Å². The molecule has 1 aromatic carbocycles. The van der Waals surface area contributed by atoms with Crippen LogP contribution in [0, 0.1) is 5.82 Å². The predicted octanol–water partition coefficient (Wildman–Crippen LogP) is 1.37. The summed E-state index contributed by atoms with van der Waals surface area (Å²) in [5.41, 5.74) is 0.456. The van der Waals surface area contributed by atoms with Crippen molar-refractivity contribution < 1.29 is 9.18 Å². The number of anilines is 1. The van der Waals surface area contributed by atoms with Gasteiger partial charge in [0.1, 0.15) is 5.82 Å². The quantitative estimate of drug-likeness (QED) is 0.714. The van der Waals surface area contributed by atoms with E-state index in [-0.39, 0.29) is 11.7 Å². The lowest BCUT2D eigenvalue weighted by molar-refractivity contribution is -0.118. The second kappa shape index (κ2) is 5.21. The Morgan fingerprint density at radius 2 is 2.07 bits per heavy atom. The van der Waals surface area contributed by atoms with Crippen LogP contribution in [0.5, 0.6) is 0 Å². The van der Waals surface area contributed by atoms with E-state index in [2.05, 4.69) is 10.6 Å². The van der Waals surface area contributed by atoms with E-state index >= 15 is 0 Å². The monoisotopic (exact) mass is 196 g/mol. The van der Waals surface area contributed by atoms with Gasteiger partial charge in [0, 0.05) is 20.0 Å². The van der Waals surface area contributed by atoms with Crippen LogP contribution in [0.2, 0.25) is 0 Å². The molecular formula is C10H13FN2O. The Bertz CT molecular complexity index is 315. The second-order valence-corrected chi connectivity index (χ2v) is 2.89. The Hall–Kier alpha value is -1.58. The highest BCUT2D eigenvalue weighted by atomic mass is 19.1. The smallest absolute Gasteiger partial charge is 0.216 e. The first kappa shape index (κ1) is 10.5. The molecule has 0 bridgehead atoms. The lowest BCUT2D eigenvalue weighted by Crippen LogP contribution is -2.26. The highest BCUT2D eigenvalue weighted by Crippen LogP contribution is 2.11. The van der Waals surface area contributed by atoms with Crippen molar-refractivity contribution in [2.45, 2.75) is 6.92 Å². The van der Waals surface area contributed by atoms with Crippen molar-refractivity contribution in [1.82, 2.24) is 5.32 Å². The molecule has 0 aromatic heterocycles. The molecule has 0 heterocycles. The van der Waals surface area contributed by atoms with Crippen LogP contribution < -0.4 is 10.6 Å². The highest BCUT2D eigenvalue weighted by Gasteiger charge is 1.98. The molecule has 0 aliphatic heterocycles. The van der Waals surface area contributed by atoms with Crippen LogP contribution in [0.4, 0.5) is 10.1 Å². The molecule has 1 amide bonds. The van der Waals surface area contributed by atoms with E-state index in [0.29, 0.717) is 18.8 Å². The molecular weight excluding hydrogens is 183 g/mol. The number of halogens is 1. The molecule has 76 valence electrons.